The lowest BCUT2D eigenvalue weighted by atomic mass is 9.87. The largest absolute Gasteiger partial charge is 0.481 e. The number of hydrogen-bond donors (Lipinski definition) is 2. The second kappa shape index (κ2) is 5.36. The van der Waals surface area contributed by atoms with Crippen molar-refractivity contribution < 1.29 is 19.8 Å². The fourth-order valence-corrected chi connectivity index (χ4v) is 2.74. The average Bonchev–Trinajstić information content (AvgIpc) is 2.75. The van der Waals surface area contributed by atoms with Crippen LogP contribution in [0.1, 0.15) is 20.3 Å². The summed E-state index contributed by atoms with van der Waals surface area (Å²) in [6.45, 7) is 5.79. The molecule has 0 radical (unpaired) electrons. The minimum Gasteiger partial charge on any atom is -0.481 e. The van der Waals surface area contributed by atoms with Crippen molar-refractivity contribution >= 4 is 12.0 Å². The van der Waals surface area contributed by atoms with Gasteiger partial charge in [0.2, 0.25) is 0 Å². The first-order valence-corrected chi connectivity index (χ1v) is 6.85. The normalized spacial score (nSPS) is 27.0. The van der Waals surface area contributed by atoms with Crippen molar-refractivity contribution in [2.45, 2.75) is 26.4 Å². The topological polar surface area (TPSA) is 81.1 Å². The molecule has 6 nitrogen and oxygen atoms in total. The Labute approximate surface area is 113 Å². The highest BCUT2D eigenvalue weighted by Crippen LogP contribution is 2.27. The van der Waals surface area contributed by atoms with Crippen molar-refractivity contribution in [1.82, 2.24) is 9.80 Å². The van der Waals surface area contributed by atoms with Crippen molar-refractivity contribution in [1.29, 1.82) is 0 Å². The zero-order valence-corrected chi connectivity index (χ0v) is 11.5. The van der Waals surface area contributed by atoms with E-state index in [2.05, 4.69) is 0 Å². The number of amides is 2. The number of hydrogen-bond acceptors (Lipinski definition) is 3. The fraction of sp³-hybridized carbons (Fsp3) is 0.846. The molecule has 0 saturated carbocycles. The van der Waals surface area contributed by atoms with Gasteiger partial charge in [0.1, 0.15) is 0 Å². The molecule has 2 aliphatic heterocycles. The highest BCUT2D eigenvalue weighted by Gasteiger charge is 2.40. The molecule has 0 aliphatic carbocycles. The van der Waals surface area contributed by atoms with Gasteiger partial charge in [-0.2, -0.15) is 0 Å². The third-order valence-electron chi connectivity index (χ3n) is 4.45. The second-order valence-corrected chi connectivity index (χ2v) is 5.81. The third-order valence-corrected chi connectivity index (χ3v) is 4.45. The van der Waals surface area contributed by atoms with Crippen LogP contribution in [0.3, 0.4) is 0 Å². The summed E-state index contributed by atoms with van der Waals surface area (Å²) < 4.78 is 0. The number of carboxylic acid groups (broad SMARTS) is 1. The van der Waals surface area contributed by atoms with Crippen molar-refractivity contribution in [3.8, 4) is 0 Å². The molecule has 0 aromatic carbocycles. The first-order valence-electron chi connectivity index (χ1n) is 6.85. The number of carboxylic acids is 1. The average molecular weight is 270 g/mol. The second-order valence-electron chi connectivity index (χ2n) is 5.81. The van der Waals surface area contributed by atoms with Crippen LogP contribution in [0.25, 0.3) is 0 Å². The smallest absolute Gasteiger partial charge is 0.320 e. The van der Waals surface area contributed by atoms with Gasteiger partial charge in [-0.25, -0.2) is 4.79 Å². The molecular weight excluding hydrogens is 248 g/mol. The maximum atomic E-state index is 12.2. The predicted octanol–water partition coefficient (Wildman–Crippen LogP) is 0.462. The van der Waals surface area contributed by atoms with Gasteiger partial charge in [0.05, 0.1) is 12.0 Å². The summed E-state index contributed by atoms with van der Waals surface area (Å²) in [6, 6.07) is -0.0167. The number of urea groups is 1. The Morgan fingerprint density at radius 1 is 1.11 bits per heavy atom. The van der Waals surface area contributed by atoms with Crippen molar-refractivity contribution in [2.75, 3.05) is 26.2 Å². The van der Waals surface area contributed by atoms with Crippen LogP contribution < -0.4 is 0 Å². The number of rotatable bonds is 3. The number of aliphatic hydroxyl groups is 1. The Bertz CT molecular complexity index is 366. The van der Waals surface area contributed by atoms with E-state index in [0.717, 1.165) is 6.42 Å². The van der Waals surface area contributed by atoms with Crippen LogP contribution >= 0.6 is 0 Å². The molecule has 2 saturated heterocycles. The summed E-state index contributed by atoms with van der Waals surface area (Å²) in [5.74, 6) is -0.962. The Morgan fingerprint density at radius 2 is 1.68 bits per heavy atom. The molecule has 2 fully saturated rings. The van der Waals surface area contributed by atoms with E-state index in [9.17, 15) is 14.7 Å². The van der Waals surface area contributed by atoms with Crippen molar-refractivity contribution in [2.24, 2.45) is 17.8 Å². The predicted molar refractivity (Wildman–Crippen MR) is 68.6 cm³/mol. The van der Waals surface area contributed by atoms with Gasteiger partial charge in [0.25, 0.3) is 0 Å². The quantitative estimate of drug-likeness (QED) is 0.780. The molecule has 3 unspecified atom stereocenters. The molecule has 6 heteroatoms. The Hall–Kier alpha value is -1.30. The molecule has 19 heavy (non-hydrogen) atoms. The Morgan fingerprint density at radius 3 is 2.16 bits per heavy atom. The monoisotopic (exact) mass is 270 g/mol. The highest BCUT2D eigenvalue weighted by molar-refractivity contribution is 5.76. The minimum absolute atomic E-state index is 0.0167. The van der Waals surface area contributed by atoms with Gasteiger partial charge >= 0.3 is 12.0 Å². The molecule has 0 spiro atoms. The number of carbonyl (C=O) groups excluding carboxylic acids is 1. The zero-order chi connectivity index (χ0) is 14.2. The van der Waals surface area contributed by atoms with Gasteiger partial charge in [-0.15, -0.1) is 0 Å². The first-order chi connectivity index (χ1) is 8.90. The lowest BCUT2D eigenvalue weighted by molar-refractivity contribution is -0.144. The lowest BCUT2D eigenvalue weighted by Gasteiger charge is -2.42. The van der Waals surface area contributed by atoms with Gasteiger partial charge in [0, 0.05) is 38.0 Å². The van der Waals surface area contributed by atoms with Gasteiger partial charge in [-0.3, -0.25) is 4.79 Å². The maximum absolute atomic E-state index is 12.2. The number of aliphatic carboxylic acids is 1. The Balaban J connectivity index is 1.79. The van der Waals surface area contributed by atoms with E-state index < -0.39 is 11.9 Å². The van der Waals surface area contributed by atoms with Crippen LogP contribution in [0, 0.1) is 17.8 Å². The van der Waals surface area contributed by atoms with E-state index >= 15 is 0 Å². The number of likely N-dealkylation sites (tertiary alicyclic amines) is 2. The van der Waals surface area contributed by atoms with Gasteiger partial charge in [-0.05, 0) is 13.3 Å². The molecule has 2 rings (SSSR count). The van der Waals surface area contributed by atoms with Crippen LogP contribution in [0.15, 0.2) is 0 Å². The molecule has 0 aromatic heterocycles. The molecule has 108 valence electrons. The van der Waals surface area contributed by atoms with E-state index in [0.29, 0.717) is 26.2 Å². The van der Waals surface area contributed by atoms with Crippen LogP contribution in [0.5, 0.6) is 0 Å². The van der Waals surface area contributed by atoms with E-state index in [-0.39, 0.29) is 24.0 Å². The summed E-state index contributed by atoms with van der Waals surface area (Å²) >= 11 is 0. The highest BCUT2D eigenvalue weighted by atomic mass is 16.4. The SMILES string of the molecule is CC(O)C1CCN(C(=O)N2CC(C(C)C(=O)O)C2)C1. The van der Waals surface area contributed by atoms with E-state index in [1.807, 2.05) is 0 Å². The van der Waals surface area contributed by atoms with Crippen LogP contribution in [0.4, 0.5) is 4.79 Å². The Kier molecular flexibility index (Phi) is 3.99. The van der Waals surface area contributed by atoms with Crippen LogP contribution in [-0.4, -0.2) is 64.3 Å². The van der Waals surface area contributed by atoms with Crippen molar-refractivity contribution in [3.05, 3.63) is 0 Å². The summed E-state index contributed by atoms with van der Waals surface area (Å²) in [7, 11) is 0. The van der Waals surface area contributed by atoms with E-state index in [1.54, 1.807) is 23.6 Å². The fourth-order valence-electron chi connectivity index (χ4n) is 2.74. The molecule has 0 bridgehead atoms. The standard InChI is InChI=1S/C13H22N2O4/c1-8(12(17)18)11-6-15(7-11)13(19)14-4-3-10(5-14)9(2)16/h8-11,16H,3-7H2,1-2H3,(H,17,18). The molecule has 2 heterocycles. The third kappa shape index (κ3) is 2.83. The maximum Gasteiger partial charge on any atom is 0.320 e. The molecule has 2 aliphatic rings. The van der Waals surface area contributed by atoms with E-state index in [4.69, 9.17) is 5.11 Å². The van der Waals surface area contributed by atoms with Gasteiger partial charge in [0.15, 0.2) is 0 Å². The molecule has 2 N–H and O–H groups in total. The minimum atomic E-state index is -0.799. The van der Waals surface area contributed by atoms with Gasteiger partial charge < -0.3 is 20.0 Å². The van der Waals surface area contributed by atoms with Crippen LogP contribution in [0.2, 0.25) is 0 Å². The summed E-state index contributed by atoms with van der Waals surface area (Å²) in [6.07, 6.45) is 0.459. The molecule has 0 aromatic rings. The first kappa shape index (κ1) is 14.1. The molecule has 3 atom stereocenters. The lowest BCUT2D eigenvalue weighted by Crippen LogP contribution is -2.57. The van der Waals surface area contributed by atoms with Crippen LogP contribution in [-0.2, 0) is 4.79 Å². The van der Waals surface area contributed by atoms with E-state index in [1.165, 1.54) is 0 Å². The van der Waals surface area contributed by atoms with Gasteiger partial charge in [-0.1, -0.05) is 6.92 Å². The summed E-state index contributed by atoms with van der Waals surface area (Å²) in [4.78, 5) is 26.5. The molecule has 2 amide bonds. The number of carbonyl (C=O) groups is 2. The number of aliphatic hydroxyl groups excluding tert-OH is 1. The number of nitrogens with zero attached hydrogens (tertiary/aromatic N) is 2. The van der Waals surface area contributed by atoms with Crippen molar-refractivity contribution in [3.63, 3.8) is 0 Å². The summed E-state index contributed by atoms with van der Waals surface area (Å²) in [5, 5.41) is 18.4. The molecular formula is C13H22N2O4. The zero-order valence-electron chi connectivity index (χ0n) is 11.5. The summed E-state index contributed by atoms with van der Waals surface area (Å²) in [5.41, 5.74) is 0.